The second-order valence-electron chi connectivity index (χ2n) is 22.0. The topological polar surface area (TPSA) is 154 Å². The van der Waals surface area contributed by atoms with E-state index in [1.165, 1.54) is 9.13 Å². The average molecular weight is 1020 g/mol. The van der Waals surface area contributed by atoms with Crippen molar-refractivity contribution in [3.05, 3.63) is 184 Å². The molecule has 11 nitrogen and oxygen atoms in total. The van der Waals surface area contributed by atoms with E-state index in [0.29, 0.717) is 84.3 Å². The molecule has 77 heavy (non-hydrogen) atoms. The second-order valence-corrected chi connectivity index (χ2v) is 22.0. The summed E-state index contributed by atoms with van der Waals surface area (Å²) in [6.07, 6.45) is 0.132. The van der Waals surface area contributed by atoms with E-state index < -0.39 is 28.2 Å². The number of fused-ring (bicyclic) bond motifs is 4. The van der Waals surface area contributed by atoms with E-state index in [2.05, 4.69) is 60.7 Å². The molecule has 0 unspecified atom stereocenters. The van der Waals surface area contributed by atoms with E-state index in [1.54, 1.807) is 6.07 Å². The average Bonchev–Trinajstić information content (AvgIpc) is 3.08. The van der Waals surface area contributed by atoms with Crippen LogP contribution in [0.1, 0.15) is 120 Å². The van der Waals surface area contributed by atoms with Crippen molar-refractivity contribution in [3.63, 3.8) is 0 Å². The molecule has 10 aromatic carbocycles. The minimum atomic E-state index is -1.03. The summed E-state index contributed by atoms with van der Waals surface area (Å²) in [4.78, 5) is 85.9. The number of carboxylic acids is 1. The summed E-state index contributed by atoms with van der Waals surface area (Å²) >= 11 is 0. The third-order valence-corrected chi connectivity index (χ3v) is 16.0. The number of benzene rings is 10. The molecule has 1 amide bonds. The number of ether oxygens (including phenoxy) is 1. The smallest absolute Gasteiger partial charge is 0.303 e. The Hall–Kier alpha value is -8.70. The maximum absolute atomic E-state index is 15.8. The van der Waals surface area contributed by atoms with Crippen LogP contribution in [0.2, 0.25) is 0 Å². The van der Waals surface area contributed by atoms with Gasteiger partial charge in [0.25, 0.3) is 22.2 Å². The van der Waals surface area contributed by atoms with Gasteiger partial charge in [0.2, 0.25) is 5.91 Å². The molecule has 11 heteroatoms. The van der Waals surface area contributed by atoms with Crippen molar-refractivity contribution < 1.29 is 19.4 Å². The van der Waals surface area contributed by atoms with Crippen molar-refractivity contribution in [1.29, 1.82) is 0 Å². The third kappa shape index (κ3) is 7.45. The lowest BCUT2D eigenvalue weighted by atomic mass is 9.80. The summed E-state index contributed by atoms with van der Waals surface area (Å²) in [5.74, 6) is -0.576. The SMILES string of the molecule is CC(C)c1cccc(C(C)C)c1-n1c(=O)c2ccc3c4c(Oc5ccc(CCNC(=O)CCC(=O)O)cc5)cc5c(=O)n(-c6c(C(C)C)cccc6C(C)C)c(=O)c6cc7c8ccccc8c8cc(c1=O)c2c3c8c7c4c56. The molecular weight excluding hydrogens is 963 g/mol. The van der Waals surface area contributed by atoms with Crippen LogP contribution < -0.4 is 32.3 Å². The number of para-hydroxylation sites is 2. The fourth-order valence-electron chi connectivity index (χ4n) is 12.4. The summed E-state index contributed by atoms with van der Waals surface area (Å²) in [5, 5.41) is 22.0. The van der Waals surface area contributed by atoms with E-state index in [4.69, 9.17) is 9.84 Å². The van der Waals surface area contributed by atoms with Crippen LogP contribution in [0.4, 0.5) is 0 Å². The highest BCUT2D eigenvalue weighted by Gasteiger charge is 2.31. The number of carbonyl (C=O) groups excluding carboxylic acids is 1. The minimum Gasteiger partial charge on any atom is -0.481 e. The number of carboxylic acid groups (broad SMARTS) is 1. The summed E-state index contributed by atoms with van der Waals surface area (Å²) < 4.78 is 9.84. The molecule has 0 fully saturated rings. The Bertz CT molecular complexity index is 4610. The Labute approximate surface area is 442 Å². The van der Waals surface area contributed by atoms with E-state index in [9.17, 15) is 9.59 Å². The Balaban J connectivity index is 1.21. The van der Waals surface area contributed by atoms with E-state index in [1.807, 2.05) is 109 Å². The summed E-state index contributed by atoms with van der Waals surface area (Å²) in [7, 11) is 0. The summed E-state index contributed by atoms with van der Waals surface area (Å²) in [5.41, 5.74) is 3.96. The predicted molar refractivity (Wildman–Crippen MR) is 311 cm³/mol. The predicted octanol–water partition coefficient (Wildman–Crippen LogP) is 13.5. The molecule has 0 aliphatic carbocycles. The Morgan fingerprint density at radius 2 is 0.896 bits per heavy atom. The van der Waals surface area contributed by atoms with Gasteiger partial charge in [-0.05, 0) is 137 Å². The third-order valence-electron chi connectivity index (χ3n) is 16.0. The normalized spacial score (nSPS) is 12.4. The first-order valence-electron chi connectivity index (χ1n) is 26.7. The molecule has 0 radical (unpaired) electrons. The standard InChI is InChI=1S/C66H57N3O8/c1-32(2)38-15-11-16-39(33(3)4)61(38)68-63(73)45-24-23-44-56-51(77-37-21-19-36(20-22-37)27-28-67-52(70)25-26-53(71)72)31-50-55-49(65(75)69(66(50)76)62-40(34(5)6)17-12-18-41(62)35(7)8)30-47-43-14-10-9-13-42(43)46-29-48(64(68)74)54(45)57(44)58(46)59(47)60(55)56/h9-24,29-35H,25-28H2,1-8H3,(H,67,70)(H,71,72). The fraction of sp³-hybridized carbons (Fsp3) is 0.242. The monoisotopic (exact) mass is 1020 g/mol. The summed E-state index contributed by atoms with van der Waals surface area (Å²) in [6.45, 7) is 16.9. The van der Waals surface area contributed by atoms with E-state index in [-0.39, 0.29) is 42.4 Å². The minimum absolute atomic E-state index is 0.0124. The zero-order chi connectivity index (χ0) is 54.0. The van der Waals surface area contributed by atoms with Gasteiger partial charge in [0, 0.05) is 50.7 Å². The van der Waals surface area contributed by atoms with Crippen molar-refractivity contribution in [2.75, 3.05) is 6.54 Å². The molecule has 0 bridgehead atoms. The summed E-state index contributed by atoms with van der Waals surface area (Å²) in [6, 6.07) is 36.9. The van der Waals surface area contributed by atoms with E-state index >= 15 is 19.2 Å². The lowest BCUT2D eigenvalue weighted by Gasteiger charge is -2.25. The molecule has 12 aromatic rings. The molecule has 12 rings (SSSR count). The van der Waals surface area contributed by atoms with Crippen molar-refractivity contribution in [2.24, 2.45) is 0 Å². The van der Waals surface area contributed by atoms with Crippen LogP contribution in [0.5, 0.6) is 11.5 Å². The van der Waals surface area contributed by atoms with Gasteiger partial charge in [-0.2, -0.15) is 0 Å². The van der Waals surface area contributed by atoms with Gasteiger partial charge >= 0.3 is 5.97 Å². The Morgan fingerprint density at radius 1 is 0.455 bits per heavy atom. The highest BCUT2D eigenvalue weighted by atomic mass is 16.5. The first kappa shape index (κ1) is 49.2. The Morgan fingerprint density at radius 3 is 1.39 bits per heavy atom. The molecule has 384 valence electrons. The first-order valence-corrected chi connectivity index (χ1v) is 26.7. The van der Waals surface area contributed by atoms with Gasteiger partial charge in [-0.1, -0.05) is 134 Å². The Kier molecular flexibility index (Phi) is 11.7. The molecule has 0 spiro atoms. The fourth-order valence-corrected chi connectivity index (χ4v) is 12.4. The van der Waals surface area contributed by atoms with Crippen LogP contribution in [0.3, 0.4) is 0 Å². The van der Waals surface area contributed by atoms with Crippen molar-refractivity contribution in [2.45, 2.75) is 98.3 Å². The zero-order valence-corrected chi connectivity index (χ0v) is 44.3. The molecule has 2 N–H and O–H groups in total. The number of nitrogens with one attached hydrogen (secondary N) is 1. The highest BCUT2D eigenvalue weighted by molar-refractivity contribution is 6.49. The second kappa shape index (κ2) is 18.3. The largest absolute Gasteiger partial charge is 0.481 e. The van der Waals surface area contributed by atoms with Gasteiger partial charge in [0.15, 0.2) is 0 Å². The number of nitrogens with zero attached hydrogens (tertiary/aromatic N) is 2. The molecule has 0 aliphatic heterocycles. The van der Waals surface area contributed by atoms with Gasteiger partial charge in [-0.15, -0.1) is 0 Å². The van der Waals surface area contributed by atoms with Crippen LogP contribution in [-0.2, 0) is 16.0 Å². The van der Waals surface area contributed by atoms with Crippen molar-refractivity contribution >= 4 is 98.1 Å². The van der Waals surface area contributed by atoms with E-state index in [0.717, 1.165) is 65.5 Å². The molecule has 2 heterocycles. The lowest BCUT2D eigenvalue weighted by molar-refractivity contribution is -0.138. The number of amides is 1. The number of hydrogen-bond donors (Lipinski definition) is 2. The number of pyridine rings is 2. The first-order chi connectivity index (χ1) is 37.0. The van der Waals surface area contributed by atoms with Gasteiger partial charge in [0.1, 0.15) is 11.5 Å². The maximum atomic E-state index is 15.8. The maximum Gasteiger partial charge on any atom is 0.303 e. The number of rotatable bonds is 14. The molecule has 0 atom stereocenters. The quantitative estimate of drug-likeness (QED) is 0.0806. The van der Waals surface area contributed by atoms with Crippen LogP contribution in [0.25, 0.3) is 97.6 Å². The number of aliphatic carboxylic acids is 1. The van der Waals surface area contributed by atoms with Gasteiger partial charge in [-0.3, -0.25) is 28.8 Å². The highest BCUT2D eigenvalue weighted by Crippen LogP contribution is 2.53. The van der Waals surface area contributed by atoms with Crippen molar-refractivity contribution in [3.8, 4) is 22.9 Å². The van der Waals surface area contributed by atoms with Gasteiger partial charge in [0.05, 0.1) is 23.2 Å². The van der Waals surface area contributed by atoms with Crippen LogP contribution in [0.15, 0.2) is 134 Å². The number of hydrogen-bond acceptors (Lipinski definition) is 7. The van der Waals surface area contributed by atoms with Crippen LogP contribution in [-0.4, -0.2) is 32.7 Å². The van der Waals surface area contributed by atoms with Gasteiger partial charge in [-0.25, -0.2) is 9.13 Å². The number of carbonyl (C=O) groups is 2. The van der Waals surface area contributed by atoms with Crippen LogP contribution in [0, 0.1) is 0 Å². The molecule has 0 aliphatic rings. The number of aromatic nitrogens is 2. The van der Waals surface area contributed by atoms with Crippen molar-refractivity contribution in [1.82, 2.24) is 14.5 Å². The molecule has 0 saturated carbocycles. The molecular formula is C66H57N3O8. The molecule has 2 aromatic heterocycles. The molecule has 0 saturated heterocycles. The zero-order valence-electron chi connectivity index (χ0n) is 44.3. The van der Waals surface area contributed by atoms with Crippen LogP contribution >= 0.6 is 0 Å². The lowest BCUT2D eigenvalue weighted by Crippen LogP contribution is -2.34. The van der Waals surface area contributed by atoms with Gasteiger partial charge < -0.3 is 15.2 Å².